The predicted molar refractivity (Wildman–Crippen MR) is 90.9 cm³/mol. The van der Waals surface area contributed by atoms with Crippen molar-refractivity contribution in [2.45, 2.75) is 6.54 Å². The van der Waals surface area contributed by atoms with Crippen molar-refractivity contribution in [3.63, 3.8) is 0 Å². The molecule has 0 fully saturated rings. The number of anilines is 1. The lowest BCUT2D eigenvalue weighted by Gasteiger charge is -2.19. The summed E-state index contributed by atoms with van der Waals surface area (Å²) in [4.78, 5) is 4.28. The molecule has 1 heterocycles. The first-order chi connectivity index (χ1) is 10.9. The summed E-state index contributed by atoms with van der Waals surface area (Å²) in [6.45, 7) is 0.716. The average Bonchev–Trinajstić information content (AvgIpc) is 2.61. The second-order valence-corrected chi connectivity index (χ2v) is 4.88. The van der Waals surface area contributed by atoms with Crippen LogP contribution in [0.3, 0.4) is 0 Å². The van der Waals surface area contributed by atoms with Gasteiger partial charge in [0.05, 0.1) is 24.1 Å². The molecule has 3 rings (SSSR count). The molecule has 1 aromatic heterocycles. The third-order valence-corrected chi connectivity index (χ3v) is 3.25. The summed E-state index contributed by atoms with van der Waals surface area (Å²) in [5, 5.41) is 6.58. The number of benzene rings is 2. The van der Waals surface area contributed by atoms with Crippen molar-refractivity contribution >= 4 is 11.9 Å². The second-order valence-electron chi connectivity index (χ2n) is 4.88. The van der Waals surface area contributed by atoms with Gasteiger partial charge in [0.2, 0.25) is 0 Å². The largest absolute Gasteiger partial charge is 0.261 e. The summed E-state index contributed by atoms with van der Waals surface area (Å²) in [5.41, 5.74) is 3.11. The highest BCUT2D eigenvalue weighted by Crippen LogP contribution is 2.17. The summed E-state index contributed by atoms with van der Waals surface area (Å²) in [6, 6.07) is 26.3. The molecule has 0 unspecified atom stereocenters. The molecule has 3 nitrogen and oxygen atoms in total. The van der Waals surface area contributed by atoms with E-state index >= 15 is 0 Å². The van der Waals surface area contributed by atoms with Crippen molar-refractivity contribution in [1.29, 1.82) is 0 Å². The van der Waals surface area contributed by atoms with E-state index in [2.05, 4.69) is 34.4 Å². The first-order valence-corrected chi connectivity index (χ1v) is 7.23. The van der Waals surface area contributed by atoms with E-state index < -0.39 is 0 Å². The molecule has 0 amide bonds. The molecule has 3 aromatic rings. The van der Waals surface area contributed by atoms with Crippen LogP contribution in [0.5, 0.6) is 0 Å². The van der Waals surface area contributed by atoms with E-state index in [1.54, 1.807) is 12.4 Å². The standard InChI is InChI=1S/C19H17N3/c1-3-9-17(10-4-1)16-22(19-12-5-2-6-13-19)21-15-18-11-7-8-14-20-18/h1-15H,16H2/b21-15+. The summed E-state index contributed by atoms with van der Waals surface area (Å²) in [7, 11) is 0. The lowest BCUT2D eigenvalue weighted by molar-refractivity contribution is 0.858. The molecule has 0 aliphatic carbocycles. The van der Waals surface area contributed by atoms with Crippen LogP contribution in [0.2, 0.25) is 0 Å². The summed E-state index contributed by atoms with van der Waals surface area (Å²) in [5.74, 6) is 0. The van der Waals surface area contributed by atoms with Crippen LogP contribution in [0.4, 0.5) is 5.69 Å². The van der Waals surface area contributed by atoms with Crippen LogP contribution >= 0.6 is 0 Å². The van der Waals surface area contributed by atoms with Crippen LogP contribution in [0.15, 0.2) is 90.2 Å². The Morgan fingerprint density at radius 2 is 1.50 bits per heavy atom. The highest BCUT2D eigenvalue weighted by Gasteiger charge is 2.05. The molecule has 0 saturated heterocycles. The van der Waals surface area contributed by atoms with E-state index in [0.29, 0.717) is 6.54 Å². The number of nitrogens with zero attached hydrogens (tertiary/aromatic N) is 3. The van der Waals surface area contributed by atoms with Gasteiger partial charge in [-0.15, -0.1) is 0 Å². The van der Waals surface area contributed by atoms with E-state index in [-0.39, 0.29) is 0 Å². The number of hydrogen-bond acceptors (Lipinski definition) is 3. The fraction of sp³-hybridized carbons (Fsp3) is 0.0526. The van der Waals surface area contributed by atoms with Crippen molar-refractivity contribution in [1.82, 2.24) is 4.98 Å². The molecule has 0 N–H and O–H groups in total. The van der Waals surface area contributed by atoms with Gasteiger partial charge >= 0.3 is 0 Å². The molecule has 3 heteroatoms. The molecule has 0 saturated carbocycles. The molecule has 2 aromatic carbocycles. The number of hydrazone groups is 1. The highest BCUT2D eigenvalue weighted by molar-refractivity contribution is 5.77. The van der Waals surface area contributed by atoms with Gasteiger partial charge in [-0.25, -0.2) is 0 Å². The molecule has 0 aliphatic heterocycles. The zero-order chi connectivity index (χ0) is 15.0. The fourth-order valence-corrected chi connectivity index (χ4v) is 2.14. The number of rotatable bonds is 5. The lowest BCUT2D eigenvalue weighted by Crippen LogP contribution is -2.16. The maximum atomic E-state index is 4.61. The van der Waals surface area contributed by atoms with E-state index in [4.69, 9.17) is 0 Å². The molecule has 0 bridgehead atoms. The zero-order valence-electron chi connectivity index (χ0n) is 12.2. The topological polar surface area (TPSA) is 28.5 Å². The summed E-state index contributed by atoms with van der Waals surface area (Å²) >= 11 is 0. The van der Waals surface area contributed by atoms with Crippen molar-refractivity contribution in [3.05, 3.63) is 96.3 Å². The normalized spacial score (nSPS) is 10.7. The van der Waals surface area contributed by atoms with Crippen molar-refractivity contribution < 1.29 is 0 Å². The van der Waals surface area contributed by atoms with E-state index in [1.165, 1.54) is 5.56 Å². The van der Waals surface area contributed by atoms with Crippen molar-refractivity contribution in [2.75, 3.05) is 5.01 Å². The maximum Gasteiger partial charge on any atom is 0.0830 e. The second kappa shape index (κ2) is 7.18. The first-order valence-electron chi connectivity index (χ1n) is 7.23. The quantitative estimate of drug-likeness (QED) is 0.521. The molecule has 22 heavy (non-hydrogen) atoms. The smallest absolute Gasteiger partial charge is 0.0830 e. The van der Waals surface area contributed by atoms with Gasteiger partial charge in [0.1, 0.15) is 0 Å². The van der Waals surface area contributed by atoms with Crippen LogP contribution in [-0.2, 0) is 6.54 Å². The van der Waals surface area contributed by atoms with E-state index in [0.717, 1.165) is 11.4 Å². The Kier molecular flexibility index (Phi) is 4.57. The van der Waals surface area contributed by atoms with E-state index in [1.807, 2.05) is 59.6 Å². The lowest BCUT2D eigenvalue weighted by atomic mass is 10.2. The van der Waals surface area contributed by atoms with Crippen LogP contribution in [0.1, 0.15) is 11.3 Å². The Hall–Kier alpha value is -2.94. The van der Waals surface area contributed by atoms with Crippen LogP contribution < -0.4 is 5.01 Å². The van der Waals surface area contributed by atoms with E-state index in [9.17, 15) is 0 Å². The van der Waals surface area contributed by atoms with Crippen molar-refractivity contribution in [3.8, 4) is 0 Å². The molecule has 0 spiro atoms. The average molecular weight is 287 g/mol. The van der Waals surface area contributed by atoms with Gasteiger partial charge in [-0.2, -0.15) is 5.10 Å². The number of hydrogen-bond donors (Lipinski definition) is 0. The van der Waals surface area contributed by atoms with Crippen LogP contribution in [0, 0.1) is 0 Å². The SMILES string of the molecule is C(=N\N(Cc1ccccc1)c1ccccc1)/c1ccccn1. The molecule has 0 atom stereocenters. The fourth-order valence-electron chi connectivity index (χ4n) is 2.14. The monoisotopic (exact) mass is 287 g/mol. The molecular formula is C19H17N3. The Morgan fingerprint density at radius 1 is 0.818 bits per heavy atom. The van der Waals surface area contributed by atoms with Gasteiger partial charge in [0, 0.05) is 6.20 Å². The minimum atomic E-state index is 0.716. The third kappa shape index (κ3) is 3.79. The highest BCUT2D eigenvalue weighted by atomic mass is 15.4. The minimum Gasteiger partial charge on any atom is -0.261 e. The van der Waals surface area contributed by atoms with Gasteiger partial charge in [0.15, 0.2) is 0 Å². The van der Waals surface area contributed by atoms with Crippen LogP contribution in [0.25, 0.3) is 0 Å². The minimum absolute atomic E-state index is 0.716. The Labute approximate surface area is 130 Å². The molecule has 0 aliphatic rings. The van der Waals surface area contributed by atoms with Gasteiger partial charge in [-0.05, 0) is 29.8 Å². The predicted octanol–water partition coefficient (Wildman–Crippen LogP) is 4.12. The number of para-hydroxylation sites is 1. The zero-order valence-corrected chi connectivity index (χ0v) is 12.2. The Bertz CT molecular complexity index is 709. The number of aromatic nitrogens is 1. The van der Waals surface area contributed by atoms with Gasteiger partial charge in [0.25, 0.3) is 0 Å². The van der Waals surface area contributed by atoms with Crippen LogP contribution in [-0.4, -0.2) is 11.2 Å². The number of pyridine rings is 1. The van der Waals surface area contributed by atoms with Gasteiger partial charge in [-0.1, -0.05) is 54.6 Å². The molecular weight excluding hydrogens is 270 g/mol. The summed E-state index contributed by atoms with van der Waals surface area (Å²) in [6.07, 6.45) is 3.56. The first kappa shape index (κ1) is 14.0. The maximum absolute atomic E-state index is 4.61. The Balaban J connectivity index is 1.85. The van der Waals surface area contributed by atoms with Gasteiger partial charge in [-0.3, -0.25) is 9.99 Å². The van der Waals surface area contributed by atoms with Gasteiger partial charge < -0.3 is 0 Å². The van der Waals surface area contributed by atoms with Crippen molar-refractivity contribution in [2.24, 2.45) is 5.10 Å². The molecule has 108 valence electrons. The molecule has 0 radical (unpaired) electrons. The third-order valence-electron chi connectivity index (χ3n) is 3.25. The summed E-state index contributed by atoms with van der Waals surface area (Å²) < 4.78 is 0. The Morgan fingerprint density at radius 3 is 2.18 bits per heavy atom.